The van der Waals surface area contributed by atoms with Crippen LogP contribution in [0.15, 0.2) is 22.8 Å². The van der Waals surface area contributed by atoms with E-state index in [0.29, 0.717) is 13.0 Å². The number of likely N-dealkylation sites (N-methyl/N-ethyl adjacent to an activating group) is 1. The van der Waals surface area contributed by atoms with Crippen molar-refractivity contribution in [3.8, 4) is 0 Å². The average Bonchev–Trinajstić information content (AvgIpc) is 2.41. The van der Waals surface area contributed by atoms with Crippen molar-refractivity contribution in [1.82, 2.24) is 14.8 Å². The highest BCUT2D eigenvalue weighted by Crippen LogP contribution is 2.37. The van der Waals surface area contributed by atoms with Gasteiger partial charge in [-0.1, -0.05) is 6.07 Å². The van der Waals surface area contributed by atoms with Gasteiger partial charge in [0, 0.05) is 33.3 Å². The number of hydrogen-bond acceptors (Lipinski definition) is 3. The molecule has 0 bridgehead atoms. The lowest BCUT2D eigenvalue weighted by Crippen LogP contribution is -2.68. The van der Waals surface area contributed by atoms with E-state index < -0.39 is 5.54 Å². The zero-order valence-corrected chi connectivity index (χ0v) is 14.9. The number of aromatic nitrogens is 1. The molecule has 0 aliphatic carbocycles. The van der Waals surface area contributed by atoms with Gasteiger partial charge >= 0.3 is 0 Å². The summed E-state index contributed by atoms with van der Waals surface area (Å²) in [5.74, 6) is -0.00168. The number of carbonyl (C=O) groups excluding carboxylic acids is 2. The van der Waals surface area contributed by atoms with Gasteiger partial charge in [-0.15, -0.1) is 0 Å². The minimum absolute atomic E-state index is 0.0242. The third kappa shape index (κ3) is 3.32. The summed E-state index contributed by atoms with van der Waals surface area (Å²) in [5, 5.41) is 0. The van der Waals surface area contributed by atoms with Gasteiger partial charge < -0.3 is 9.80 Å². The molecule has 1 unspecified atom stereocenters. The van der Waals surface area contributed by atoms with E-state index >= 15 is 0 Å². The number of carbonyl (C=O) groups is 2. The van der Waals surface area contributed by atoms with Crippen LogP contribution in [0.4, 0.5) is 0 Å². The predicted molar refractivity (Wildman–Crippen MR) is 88.3 cm³/mol. The van der Waals surface area contributed by atoms with Crippen LogP contribution in [0.5, 0.6) is 0 Å². The minimum Gasteiger partial charge on any atom is -0.347 e. The molecule has 1 aromatic heterocycles. The monoisotopic (exact) mass is 367 g/mol. The molecule has 22 heavy (non-hydrogen) atoms. The molecular formula is C16H22BrN3O2. The van der Waals surface area contributed by atoms with E-state index in [4.69, 9.17) is 0 Å². The summed E-state index contributed by atoms with van der Waals surface area (Å²) in [6.07, 6.45) is 3.05. The van der Waals surface area contributed by atoms with Crippen LogP contribution < -0.4 is 0 Å². The highest BCUT2D eigenvalue weighted by molar-refractivity contribution is 9.10. The Morgan fingerprint density at radius 2 is 2.14 bits per heavy atom. The van der Waals surface area contributed by atoms with Crippen LogP contribution in [0.1, 0.15) is 31.9 Å². The Morgan fingerprint density at radius 3 is 2.64 bits per heavy atom. The maximum Gasteiger partial charge on any atom is 0.248 e. The van der Waals surface area contributed by atoms with Gasteiger partial charge in [0.05, 0.1) is 0 Å². The van der Waals surface area contributed by atoms with Crippen molar-refractivity contribution < 1.29 is 9.59 Å². The highest BCUT2D eigenvalue weighted by Gasteiger charge is 2.52. The van der Waals surface area contributed by atoms with Gasteiger partial charge in [-0.05, 0) is 53.7 Å². The summed E-state index contributed by atoms with van der Waals surface area (Å²) in [5.41, 5.74) is 0.344. The standard InChI is InChI=1S/C16H22BrN3O2/c1-12(21)20-11-10-16(20,15(22)19(2)3)9-5-7-13-6-4-8-14(17)18-13/h4,6,8H,5,7,9-11H2,1-3H3. The Bertz CT molecular complexity index is 576. The first-order chi connectivity index (χ1) is 10.4. The van der Waals surface area contributed by atoms with Crippen LogP contribution in [0, 0.1) is 0 Å². The van der Waals surface area contributed by atoms with Crippen molar-refractivity contribution in [1.29, 1.82) is 0 Å². The van der Waals surface area contributed by atoms with Gasteiger partial charge in [-0.3, -0.25) is 9.59 Å². The van der Waals surface area contributed by atoms with Crippen LogP contribution in [-0.2, 0) is 16.0 Å². The van der Waals surface area contributed by atoms with Gasteiger partial charge in [0.1, 0.15) is 10.1 Å². The molecule has 0 N–H and O–H groups in total. The third-order valence-electron chi connectivity index (χ3n) is 4.25. The summed E-state index contributed by atoms with van der Waals surface area (Å²) < 4.78 is 0.818. The molecule has 1 saturated heterocycles. The molecule has 1 aromatic rings. The van der Waals surface area contributed by atoms with Crippen molar-refractivity contribution in [2.24, 2.45) is 0 Å². The third-order valence-corrected chi connectivity index (χ3v) is 4.69. The maximum atomic E-state index is 12.6. The quantitative estimate of drug-likeness (QED) is 0.750. The molecule has 1 atom stereocenters. The van der Waals surface area contributed by atoms with Crippen molar-refractivity contribution in [2.45, 2.75) is 38.1 Å². The summed E-state index contributed by atoms with van der Waals surface area (Å²) in [4.78, 5) is 32.1. The molecule has 1 aliphatic heterocycles. The largest absolute Gasteiger partial charge is 0.347 e. The lowest BCUT2D eigenvalue weighted by molar-refractivity contribution is -0.164. The molecule has 120 valence electrons. The lowest BCUT2D eigenvalue weighted by atomic mass is 9.78. The van der Waals surface area contributed by atoms with Crippen LogP contribution >= 0.6 is 15.9 Å². The van der Waals surface area contributed by atoms with E-state index in [1.165, 1.54) is 6.92 Å². The van der Waals surface area contributed by atoms with E-state index in [1.54, 1.807) is 23.9 Å². The number of pyridine rings is 1. The summed E-state index contributed by atoms with van der Waals surface area (Å²) in [6, 6.07) is 5.83. The number of halogens is 1. The van der Waals surface area contributed by atoms with Crippen LogP contribution in [0.25, 0.3) is 0 Å². The second-order valence-electron chi connectivity index (χ2n) is 5.96. The Morgan fingerprint density at radius 1 is 1.41 bits per heavy atom. The number of hydrogen-bond donors (Lipinski definition) is 0. The number of likely N-dealkylation sites (tertiary alicyclic amines) is 1. The summed E-state index contributed by atoms with van der Waals surface area (Å²) in [7, 11) is 3.49. The maximum absolute atomic E-state index is 12.6. The predicted octanol–water partition coefficient (Wildman–Crippen LogP) is 2.25. The molecule has 1 aliphatic rings. The SMILES string of the molecule is CC(=O)N1CCC1(CCCc1cccc(Br)n1)C(=O)N(C)C. The molecule has 1 fully saturated rings. The van der Waals surface area contributed by atoms with Gasteiger partial charge in [0.15, 0.2) is 0 Å². The highest BCUT2D eigenvalue weighted by atomic mass is 79.9. The van der Waals surface area contributed by atoms with E-state index in [0.717, 1.165) is 29.6 Å². The minimum atomic E-state index is -0.651. The molecule has 2 amide bonds. The molecule has 2 rings (SSSR count). The molecular weight excluding hydrogens is 346 g/mol. The van der Waals surface area contributed by atoms with Gasteiger partial charge in [-0.2, -0.15) is 0 Å². The zero-order chi connectivity index (χ0) is 16.3. The topological polar surface area (TPSA) is 53.5 Å². The first-order valence-electron chi connectivity index (χ1n) is 7.48. The average molecular weight is 368 g/mol. The molecule has 2 heterocycles. The van der Waals surface area contributed by atoms with Crippen molar-refractivity contribution >= 4 is 27.7 Å². The number of amides is 2. The number of nitrogens with zero attached hydrogens (tertiary/aromatic N) is 3. The smallest absolute Gasteiger partial charge is 0.248 e. The normalized spacial score (nSPS) is 20.5. The molecule has 6 heteroatoms. The van der Waals surface area contributed by atoms with Gasteiger partial charge in [-0.25, -0.2) is 4.98 Å². The van der Waals surface area contributed by atoms with E-state index in [2.05, 4.69) is 20.9 Å². The number of rotatable bonds is 5. The van der Waals surface area contributed by atoms with E-state index in [1.807, 2.05) is 18.2 Å². The van der Waals surface area contributed by atoms with Crippen LogP contribution in [-0.4, -0.2) is 52.8 Å². The first kappa shape index (κ1) is 16.9. The van der Waals surface area contributed by atoms with Gasteiger partial charge in [0.25, 0.3) is 0 Å². The molecule has 0 spiro atoms. The van der Waals surface area contributed by atoms with E-state index in [9.17, 15) is 9.59 Å². The van der Waals surface area contributed by atoms with E-state index in [-0.39, 0.29) is 11.8 Å². The first-order valence-corrected chi connectivity index (χ1v) is 8.27. The van der Waals surface area contributed by atoms with Crippen molar-refractivity contribution in [2.75, 3.05) is 20.6 Å². The molecule has 5 nitrogen and oxygen atoms in total. The summed E-state index contributed by atoms with van der Waals surface area (Å²) in [6.45, 7) is 2.21. The summed E-state index contributed by atoms with van der Waals surface area (Å²) >= 11 is 3.36. The fourth-order valence-corrected chi connectivity index (χ4v) is 3.49. The fourth-order valence-electron chi connectivity index (χ4n) is 3.11. The molecule has 0 aromatic carbocycles. The van der Waals surface area contributed by atoms with Crippen molar-refractivity contribution in [3.05, 3.63) is 28.5 Å². The van der Waals surface area contributed by atoms with Crippen molar-refractivity contribution in [3.63, 3.8) is 0 Å². The second-order valence-corrected chi connectivity index (χ2v) is 6.77. The molecule has 0 saturated carbocycles. The second kappa shape index (κ2) is 6.77. The Labute approximate surface area is 139 Å². The Kier molecular flexibility index (Phi) is 5.21. The zero-order valence-electron chi connectivity index (χ0n) is 13.3. The fraction of sp³-hybridized carbons (Fsp3) is 0.562. The molecule has 0 radical (unpaired) electrons. The number of aryl methyl sites for hydroxylation is 1. The van der Waals surface area contributed by atoms with Crippen LogP contribution in [0.3, 0.4) is 0 Å². The Hall–Kier alpha value is -1.43. The van der Waals surface area contributed by atoms with Crippen LogP contribution in [0.2, 0.25) is 0 Å². The Balaban J connectivity index is 2.05. The van der Waals surface area contributed by atoms with Gasteiger partial charge in [0.2, 0.25) is 11.8 Å². The lowest BCUT2D eigenvalue weighted by Gasteiger charge is -2.52.